The van der Waals surface area contributed by atoms with E-state index in [-0.39, 0.29) is 12.6 Å². The van der Waals surface area contributed by atoms with E-state index in [0.717, 1.165) is 33.8 Å². The highest BCUT2D eigenvalue weighted by molar-refractivity contribution is 5.67. The van der Waals surface area contributed by atoms with Crippen molar-refractivity contribution in [2.45, 2.75) is 43.3 Å². The Hall–Kier alpha value is -4.33. The van der Waals surface area contributed by atoms with Gasteiger partial charge in [-0.2, -0.15) is 0 Å². The molecule has 212 valence electrons. The number of carbonyl (C=O) groups excluding carboxylic acids is 1. The van der Waals surface area contributed by atoms with Crippen LogP contribution >= 0.6 is 0 Å². The van der Waals surface area contributed by atoms with Crippen molar-refractivity contribution in [3.05, 3.63) is 131 Å². The summed E-state index contributed by atoms with van der Waals surface area (Å²) in [4.78, 5) is 12.6. The van der Waals surface area contributed by atoms with Crippen molar-refractivity contribution in [2.75, 3.05) is 14.2 Å². The molecule has 3 atom stereocenters. The minimum absolute atomic E-state index is 0.175. The lowest BCUT2D eigenvalue weighted by Crippen LogP contribution is -2.40. The monoisotopic (exact) mass is 553 g/mol. The number of methoxy groups -OCH3 is 2. The number of rotatable bonds is 10. The molecule has 2 N–H and O–H groups in total. The quantitative estimate of drug-likeness (QED) is 0.240. The Balaban J connectivity index is 1.44. The molecule has 0 spiro atoms. The number of benzene rings is 4. The van der Waals surface area contributed by atoms with Crippen molar-refractivity contribution in [1.82, 2.24) is 5.32 Å². The van der Waals surface area contributed by atoms with E-state index >= 15 is 0 Å². The minimum atomic E-state index is -1.06. The van der Waals surface area contributed by atoms with Gasteiger partial charge in [-0.05, 0) is 59.4 Å². The Morgan fingerprint density at radius 1 is 0.756 bits per heavy atom. The molecule has 7 nitrogen and oxygen atoms in total. The van der Waals surface area contributed by atoms with Crippen LogP contribution in [0.3, 0.4) is 0 Å². The lowest BCUT2D eigenvalue weighted by molar-refractivity contribution is -0.0887. The van der Waals surface area contributed by atoms with Crippen LogP contribution in [0.2, 0.25) is 0 Å². The fourth-order valence-electron chi connectivity index (χ4n) is 5.41. The first-order valence-corrected chi connectivity index (χ1v) is 13.7. The molecule has 0 radical (unpaired) electrons. The molecule has 0 aromatic heterocycles. The normalized spacial score (nSPS) is 18.5. The minimum Gasteiger partial charge on any atom is -0.497 e. The first kappa shape index (κ1) is 28.2. The molecule has 1 amide bonds. The molecule has 5 rings (SSSR count). The van der Waals surface area contributed by atoms with Crippen molar-refractivity contribution in [1.29, 1.82) is 0 Å². The summed E-state index contributed by atoms with van der Waals surface area (Å²) < 4.78 is 23.3. The maximum Gasteiger partial charge on any atom is 0.407 e. The summed E-state index contributed by atoms with van der Waals surface area (Å²) in [5.41, 5.74) is 2.50. The molecule has 1 saturated carbocycles. The molecular weight excluding hydrogens is 518 g/mol. The van der Waals surface area contributed by atoms with Crippen molar-refractivity contribution in [3.63, 3.8) is 0 Å². The number of aliphatic hydroxyl groups is 1. The summed E-state index contributed by atoms with van der Waals surface area (Å²) in [6.45, 7) is 0.175. The summed E-state index contributed by atoms with van der Waals surface area (Å²) in [6, 6.07) is 34.7. The first-order chi connectivity index (χ1) is 20.0. The average molecular weight is 554 g/mol. The van der Waals surface area contributed by atoms with E-state index in [9.17, 15) is 9.90 Å². The van der Waals surface area contributed by atoms with Crippen molar-refractivity contribution >= 4 is 6.09 Å². The number of aliphatic hydroxyl groups excluding tert-OH is 1. The zero-order chi connectivity index (χ0) is 28.7. The van der Waals surface area contributed by atoms with E-state index in [1.54, 1.807) is 14.2 Å². The second-order valence-corrected chi connectivity index (χ2v) is 10.1. The molecule has 0 bridgehead atoms. The molecule has 4 aromatic carbocycles. The van der Waals surface area contributed by atoms with Gasteiger partial charge in [-0.3, -0.25) is 0 Å². The number of hydrogen-bond acceptors (Lipinski definition) is 6. The van der Waals surface area contributed by atoms with Gasteiger partial charge in [0, 0.05) is 6.04 Å². The molecule has 1 aliphatic rings. The van der Waals surface area contributed by atoms with Crippen LogP contribution in [-0.4, -0.2) is 43.7 Å². The van der Waals surface area contributed by atoms with E-state index < -0.39 is 23.9 Å². The zero-order valence-electron chi connectivity index (χ0n) is 23.2. The fraction of sp³-hybridized carbons (Fsp3) is 0.265. The molecule has 0 unspecified atom stereocenters. The fourth-order valence-corrected chi connectivity index (χ4v) is 5.41. The third-order valence-corrected chi connectivity index (χ3v) is 7.51. The number of nitrogens with one attached hydrogen (secondary N) is 1. The number of ether oxygens (including phenoxy) is 4. The van der Waals surface area contributed by atoms with Gasteiger partial charge < -0.3 is 29.4 Å². The van der Waals surface area contributed by atoms with Crippen LogP contribution in [-0.2, 0) is 21.7 Å². The van der Waals surface area contributed by atoms with Crippen LogP contribution in [0.1, 0.15) is 35.1 Å². The Kier molecular flexibility index (Phi) is 8.87. The van der Waals surface area contributed by atoms with Gasteiger partial charge in [0.1, 0.15) is 23.7 Å². The standard InChI is InChI=1S/C34H35NO6/c1-38-29-17-13-26(14-18-29)34(25-11-7-4-8-12-25,27-15-19-30(39-2)20-16-27)41-32-22-28(21-31(32)36)35-33(37)40-23-24-9-5-3-6-10-24/h3-20,28,31-32,36H,21-23H2,1-2H3,(H,35,37)/t28-,31+,32-/m0/s1. The van der Waals surface area contributed by atoms with E-state index in [0.29, 0.717) is 12.8 Å². The van der Waals surface area contributed by atoms with E-state index in [1.165, 1.54) is 0 Å². The molecule has 1 fully saturated rings. The van der Waals surface area contributed by atoms with Crippen LogP contribution in [0.4, 0.5) is 4.79 Å². The summed E-state index contributed by atoms with van der Waals surface area (Å²) >= 11 is 0. The van der Waals surface area contributed by atoms with Crippen molar-refractivity contribution < 1.29 is 28.8 Å². The Labute approximate surface area is 240 Å². The zero-order valence-corrected chi connectivity index (χ0v) is 23.2. The van der Waals surface area contributed by atoms with Gasteiger partial charge in [-0.25, -0.2) is 4.79 Å². The second kappa shape index (κ2) is 12.9. The predicted octanol–water partition coefficient (Wildman–Crippen LogP) is 5.83. The third kappa shape index (κ3) is 6.37. The van der Waals surface area contributed by atoms with Crippen LogP contribution in [0.15, 0.2) is 109 Å². The molecule has 1 aliphatic carbocycles. The predicted molar refractivity (Wildman–Crippen MR) is 156 cm³/mol. The number of amides is 1. The highest BCUT2D eigenvalue weighted by Crippen LogP contribution is 2.44. The topological polar surface area (TPSA) is 86.3 Å². The lowest BCUT2D eigenvalue weighted by atomic mass is 9.79. The van der Waals surface area contributed by atoms with Crippen LogP contribution in [0.5, 0.6) is 11.5 Å². The van der Waals surface area contributed by atoms with Crippen molar-refractivity contribution in [3.8, 4) is 11.5 Å². The number of carbonyl (C=O) groups is 1. The van der Waals surface area contributed by atoms with Crippen LogP contribution < -0.4 is 14.8 Å². The van der Waals surface area contributed by atoms with Crippen LogP contribution in [0, 0.1) is 0 Å². The summed E-state index contributed by atoms with van der Waals surface area (Å²) in [5.74, 6) is 1.45. The maximum atomic E-state index is 12.6. The van der Waals surface area contributed by atoms with Gasteiger partial charge in [-0.1, -0.05) is 84.9 Å². The molecule has 0 saturated heterocycles. The Bertz CT molecular complexity index is 1350. The van der Waals surface area contributed by atoms with E-state index in [2.05, 4.69) is 5.32 Å². The Morgan fingerprint density at radius 2 is 1.27 bits per heavy atom. The van der Waals surface area contributed by atoms with E-state index in [4.69, 9.17) is 18.9 Å². The second-order valence-electron chi connectivity index (χ2n) is 10.1. The SMILES string of the molecule is COc1ccc(C(O[C@H]2C[C@@H](NC(=O)OCc3ccccc3)C[C@H]2O)(c2ccccc2)c2ccc(OC)cc2)cc1. The summed E-state index contributed by atoms with van der Waals surface area (Å²) in [7, 11) is 3.26. The highest BCUT2D eigenvalue weighted by atomic mass is 16.5. The number of alkyl carbamates (subject to hydrolysis) is 1. The van der Waals surface area contributed by atoms with Crippen LogP contribution in [0.25, 0.3) is 0 Å². The van der Waals surface area contributed by atoms with E-state index in [1.807, 2.05) is 109 Å². The number of hydrogen-bond donors (Lipinski definition) is 2. The van der Waals surface area contributed by atoms with Gasteiger partial charge in [0.25, 0.3) is 0 Å². The first-order valence-electron chi connectivity index (χ1n) is 13.7. The molecule has 0 heterocycles. The molecule has 7 heteroatoms. The molecule has 0 aliphatic heterocycles. The summed E-state index contributed by atoms with van der Waals surface area (Å²) in [6.07, 6.45) is -1.12. The van der Waals surface area contributed by atoms with Gasteiger partial charge in [0.05, 0.1) is 26.4 Å². The van der Waals surface area contributed by atoms with Gasteiger partial charge in [0.15, 0.2) is 0 Å². The lowest BCUT2D eigenvalue weighted by Gasteiger charge is -2.39. The molecule has 4 aromatic rings. The van der Waals surface area contributed by atoms with Crippen molar-refractivity contribution in [2.24, 2.45) is 0 Å². The van der Waals surface area contributed by atoms with Gasteiger partial charge in [-0.15, -0.1) is 0 Å². The largest absolute Gasteiger partial charge is 0.497 e. The Morgan fingerprint density at radius 3 is 1.80 bits per heavy atom. The average Bonchev–Trinajstić information content (AvgIpc) is 3.37. The highest BCUT2D eigenvalue weighted by Gasteiger charge is 2.45. The smallest absolute Gasteiger partial charge is 0.407 e. The van der Waals surface area contributed by atoms with Gasteiger partial charge in [0.2, 0.25) is 0 Å². The molecule has 41 heavy (non-hydrogen) atoms. The third-order valence-electron chi connectivity index (χ3n) is 7.51. The maximum absolute atomic E-state index is 12.6. The summed E-state index contributed by atoms with van der Waals surface area (Å²) in [5, 5.41) is 14.1. The van der Waals surface area contributed by atoms with Gasteiger partial charge >= 0.3 is 6.09 Å². The molecular formula is C34H35NO6.